The maximum atomic E-state index is 10.2. The van der Waals surface area contributed by atoms with E-state index in [1.165, 1.54) is 12.0 Å². The van der Waals surface area contributed by atoms with Crippen LogP contribution in [0.3, 0.4) is 0 Å². The van der Waals surface area contributed by atoms with Gasteiger partial charge < -0.3 is 14.7 Å². The van der Waals surface area contributed by atoms with Crippen molar-refractivity contribution in [3.05, 3.63) is 35.9 Å². The fourth-order valence-corrected chi connectivity index (χ4v) is 2.95. The molecule has 1 aromatic carbocycles. The van der Waals surface area contributed by atoms with Crippen molar-refractivity contribution >= 4 is 0 Å². The Bertz CT molecular complexity index is 393. The molecule has 1 heterocycles. The molecule has 4 nitrogen and oxygen atoms in total. The average Bonchev–Trinajstić information content (AvgIpc) is 2.91. The molecule has 4 heteroatoms. The molecule has 2 unspecified atom stereocenters. The standard InChI is InChI=1S/C17H28N2O2/c1-18(11-15-7-4-3-5-8-15)12-16(20)13-19(2)14-17-9-6-10-21-17/h3-5,7-8,16-17,20H,6,9-14H2,1-2H3. The van der Waals surface area contributed by atoms with Crippen molar-refractivity contribution in [2.45, 2.75) is 31.6 Å². The largest absolute Gasteiger partial charge is 0.390 e. The molecule has 21 heavy (non-hydrogen) atoms. The molecule has 0 spiro atoms. The van der Waals surface area contributed by atoms with Crippen LogP contribution >= 0.6 is 0 Å². The lowest BCUT2D eigenvalue weighted by Gasteiger charge is -2.26. The first-order valence-electron chi connectivity index (χ1n) is 7.84. The van der Waals surface area contributed by atoms with Crippen molar-refractivity contribution in [2.75, 3.05) is 40.3 Å². The first-order chi connectivity index (χ1) is 10.1. The first-order valence-corrected chi connectivity index (χ1v) is 7.84. The van der Waals surface area contributed by atoms with Crippen molar-refractivity contribution in [3.8, 4) is 0 Å². The van der Waals surface area contributed by atoms with Crippen molar-refractivity contribution in [1.29, 1.82) is 0 Å². The van der Waals surface area contributed by atoms with Crippen LogP contribution in [0, 0.1) is 0 Å². The fraction of sp³-hybridized carbons (Fsp3) is 0.647. The highest BCUT2D eigenvalue weighted by atomic mass is 16.5. The molecule has 0 saturated carbocycles. The number of rotatable bonds is 8. The SMILES string of the molecule is CN(Cc1ccccc1)CC(O)CN(C)CC1CCCO1. The Morgan fingerprint density at radius 3 is 2.57 bits per heavy atom. The topological polar surface area (TPSA) is 35.9 Å². The Labute approximate surface area is 128 Å². The number of aliphatic hydroxyl groups excluding tert-OH is 1. The third kappa shape index (κ3) is 6.14. The van der Waals surface area contributed by atoms with Crippen LogP contribution in [0.5, 0.6) is 0 Å². The van der Waals surface area contributed by atoms with E-state index in [4.69, 9.17) is 4.74 Å². The molecule has 0 radical (unpaired) electrons. The maximum Gasteiger partial charge on any atom is 0.0793 e. The van der Waals surface area contributed by atoms with Crippen LogP contribution in [0.15, 0.2) is 30.3 Å². The number of benzene rings is 1. The number of hydrogen-bond acceptors (Lipinski definition) is 4. The van der Waals surface area contributed by atoms with Gasteiger partial charge in [0.05, 0.1) is 12.2 Å². The zero-order chi connectivity index (χ0) is 15.1. The van der Waals surface area contributed by atoms with Gasteiger partial charge in [0, 0.05) is 32.8 Å². The summed E-state index contributed by atoms with van der Waals surface area (Å²) in [5.41, 5.74) is 1.28. The van der Waals surface area contributed by atoms with E-state index in [2.05, 4.69) is 48.2 Å². The van der Waals surface area contributed by atoms with Gasteiger partial charge in [0.15, 0.2) is 0 Å². The zero-order valence-electron chi connectivity index (χ0n) is 13.2. The molecule has 1 aromatic rings. The molecule has 1 fully saturated rings. The highest BCUT2D eigenvalue weighted by Gasteiger charge is 2.19. The zero-order valence-corrected chi connectivity index (χ0v) is 13.2. The molecule has 0 amide bonds. The Kier molecular flexibility index (Phi) is 6.64. The summed E-state index contributed by atoms with van der Waals surface area (Å²) < 4.78 is 5.63. The molecule has 2 rings (SSSR count). The Hall–Kier alpha value is -0.940. The predicted octanol–water partition coefficient (Wildman–Crippen LogP) is 1.59. The predicted molar refractivity (Wildman–Crippen MR) is 85.3 cm³/mol. The molecule has 1 aliphatic rings. The molecule has 2 atom stereocenters. The van der Waals surface area contributed by atoms with Gasteiger partial charge in [-0.25, -0.2) is 0 Å². The van der Waals surface area contributed by atoms with Crippen molar-refractivity contribution in [1.82, 2.24) is 9.80 Å². The lowest BCUT2D eigenvalue weighted by Crippen LogP contribution is -2.39. The number of ether oxygens (including phenoxy) is 1. The Morgan fingerprint density at radius 2 is 1.90 bits per heavy atom. The lowest BCUT2D eigenvalue weighted by atomic mass is 10.2. The number of nitrogens with zero attached hydrogens (tertiary/aromatic N) is 2. The molecule has 0 bridgehead atoms. The molecule has 1 aliphatic heterocycles. The highest BCUT2D eigenvalue weighted by Crippen LogP contribution is 2.13. The van der Waals surface area contributed by atoms with E-state index < -0.39 is 0 Å². The second-order valence-electron chi connectivity index (χ2n) is 6.19. The molecule has 118 valence electrons. The number of hydrogen-bond donors (Lipinski definition) is 1. The summed E-state index contributed by atoms with van der Waals surface area (Å²) in [7, 11) is 4.11. The average molecular weight is 292 g/mol. The second kappa shape index (κ2) is 8.49. The molecule has 1 saturated heterocycles. The van der Waals surface area contributed by atoms with Crippen molar-refractivity contribution in [3.63, 3.8) is 0 Å². The van der Waals surface area contributed by atoms with E-state index >= 15 is 0 Å². The van der Waals surface area contributed by atoms with Crippen LogP contribution in [0.2, 0.25) is 0 Å². The fourth-order valence-electron chi connectivity index (χ4n) is 2.95. The highest BCUT2D eigenvalue weighted by molar-refractivity contribution is 5.14. The number of aliphatic hydroxyl groups is 1. The number of likely N-dealkylation sites (N-methyl/N-ethyl adjacent to an activating group) is 2. The minimum atomic E-state index is -0.329. The first kappa shape index (κ1) is 16.4. The van der Waals surface area contributed by atoms with Crippen LogP contribution in [0.4, 0.5) is 0 Å². The van der Waals surface area contributed by atoms with E-state index in [9.17, 15) is 5.11 Å². The van der Waals surface area contributed by atoms with Gasteiger partial charge in [-0.05, 0) is 32.5 Å². The van der Waals surface area contributed by atoms with Gasteiger partial charge in [-0.3, -0.25) is 4.90 Å². The summed E-state index contributed by atoms with van der Waals surface area (Å²) >= 11 is 0. The summed E-state index contributed by atoms with van der Waals surface area (Å²) in [6, 6.07) is 10.4. The Balaban J connectivity index is 1.66. The van der Waals surface area contributed by atoms with Crippen LogP contribution in [0.1, 0.15) is 18.4 Å². The van der Waals surface area contributed by atoms with E-state index in [-0.39, 0.29) is 6.10 Å². The minimum Gasteiger partial charge on any atom is -0.390 e. The summed E-state index contributed by atoms with van der Waals surface area (Å²) in [5, 5.41) is 10.2. The summed E-state index contributed by atoms with van der Waals surface area (Å²) in [5.74, 6) is 0. The van der Waals surface area contributed by atoms with Gasteiger partial charge in [-0.1, -0.05) is 30.3 Å². The van der Waals surface area contributed by atoms with Crippen LogP contribution in [-0.4, -0.2) is 67.5 Å². The lowest BCUT2D eigenvalue weighted by molar-refractivity contribution is 0.0501. The van der Waals surface area contributed by atoms with Crippen LogP contribution in [-0.2, 0) is 11.3 Å². The monoisotopic (exact) mass is 292 g/mol. The molecule has 0 aliphatic carbocycles. The third-order valence-corrected chi connectivity index (χ3v) is 3.88. The van der Waals surface area contributed by atoms with E-state index in [1.807, 2.05) is 6.07 Å². The normalized spacial score (nSPS) is 20.3. The van der Waals surface area contributed by atoms with Crippen molar-refractivity contribution < 1.29 is 9.84 Å². The third-order valence-electron chi connectivity index (χ3n) is 3.88. The quantitative estimate of drug-likeness (QED) is 0.789. The maximum absolute atomic E-state index is 10.2. The summed E-state index contributed by atoms with van der Waals surface area (Å²) in [6.07, 6.45) is 2.34. The van der Waals surface area contributed by atoms with Gasteiger partial charge in [-0.2, -0.15) is 0 Å². The summed E-state index contributed by atoms with van der Waals surface area (Å²) in [4.78, 5) is 4.34. The van der Waals surface area contributed by atoms with Gasteiger partial charge in [0.1, 0.15) is 0 Å². The molecule has 1 N–H and O–H groups in total. The van der Waals surface area contributed by atoms with Gasteiger partial charge in [-0.15, -0.1) is 0 Å². The van der Waals surface area contributed by atoms with Gasteiger partial charge in [0.25, 0.3) is 0 Å². The van der Waals surface area contributed by atoms with Crippen molar-refractivity contribution in [2.24, 2.45) is 0 Å². The smallest absolute Gasteiger partial charge is 0.0793 e. The minimum absolute atomic E-state index is 0.329. The molecular weight excluding hydrogens is 264 g/mol. The van der Waals surface area contributed by atoms with E-state index in [0.29, 0.717) is 19.2 Å². The molecule has 0 aromatic heterocycles. The van der Waals surface area contributed by atoms with Gasteiger partial charge >= 0.3 is 0 Å². The molecular formula is C17H28N2O2. The Morgan fingerprint density at radius 1 is 1.19 bits per heavy atom. The van der Waals surface area contributed by atoms with Crippen LogP contribution < -0.4 is 0 Å². The van der Waals surface area contributed by atoms with Gasteiger partial charge in [0.2, 0.25) is 0 Å². The summed E-state index contributed by atoms with van der Waals surface area (Å²) in [6.45, 7) is 4.05. The van der Waals surface area contributed by atoms with E-state index in [1.54, 1.807) is 0 Å². The second-order valence-corrected chi connectivity index (χ2v) is 6.19. The van der Waals surface area contributed by atoms with Crippen LogP contribution in [0.25, 0.3) is 0 Å². The van der Waals surface area contributed by atoms with E-state index in [0.717, 1.165) is 26.1 Å².